The molecule has 0 radical (unpaired) electrons. The molecule has 1 aliphatic heterocycles. The predicted molar refractivity (Wildman–Crippen MR) is 96.8 cm³/mol. The van der Waals surface area contributed by atoms with Crippen molar-refractivity contribution in [2.24, 2.45) is 0 Å². The molecule has 1 aromatic carbocycles. The minimum absolute atomic E-state index is 0.0151. The first-order valence-electron chi connectivity index (χ1n) is 8.46. The highest BCUT2D eigenvalue weighted by Crippen LogP contribution is 2.39. The number of aliphatic hydroxyl groups is 1. The number of carbonyl (C=O) groups is 2. The van der Waals surface area contributed by atoms with Gasteiger partial charge in [-0.05, 0) is 36.8 Å². The molecule has 2 heterocycles. The third-order valence-corrected chi connectivity index (χ3v) is 4.46. The molecule has 0 spiro atoms. The van der Waals surface area contributed by atoms with Crippen LogP contribution in [0.5, 0.6) is 5.75 Å². The van der Waals surface area contributed by atoms with Crippen LogP contribution >= 0.6 is 0 Å². The highest BCUT2D eigenvalue weighted by Gasteiger charge is 2.44. The van der Waals surface area contributed by atoms with Gasteiger partial charge in [0.2, 0.25) is 5.78 Å². The Labute approximate surface area is 156 Å². The van der Waals surface area contributed by atoms with Crippen LogP contribution in [0, 0.1) is 6.92 Å². The van der Waals surface area contributed by atoms with Crippen molar-refractivity contribution in [3.05, 3.63) is 64.8 Å². The van der Waals surface area contributed by atoms with Gasteiger partial charge in [0.15, 0.2) is 11.5 Å². The lowest BCUT2D eigenvalue weighted by molar-refractivity contribution is -0.130. The molecule has 2 aromatic rings. The van der Waals surface area contributed by atoms with Crippen LogP contribution in [0.1, 0.15) is 27.9 Å². The summed E-state index contributed by atoms with van der Waals surface area (Å²) in [5.41, 5.74) is 0.633. The highest BCUT2D eigenvalue weighted by molar-refractivity contribution is 6.15. The Kier molecular flexibility index (Phi) is 5.32. The number of rotatable bonds is 7. The summed E-state index contributed by atoms with van der Waals surface area (Å²) in [4.78, 5) is 27.1. The number of aliphatic hydroxyl groups excluding tert-OH is 1. The van der Waals surface area contributed by atoms with Gasteiger partial charge in [0.1, 0.15) is 11.5 Å². The van der Waals surface area contributed by atoms with E-state index in [-0.39, 0.29) is 24.5 Å². The van der Waals surface area contributed by atoms with Crippen molar-refractivity contribution in [1.82, 2.24) is 4.90 Å². The van der Waals surface area contributed by atoms with Crippen LogP contribution in [0.25, 0.3) is 0 Å². The molecule has 1 N–H and O–H groups in total. The summed E-state index contributed by atoms with van der Waals surface area (Å²) in [5, 5.41) is 10.5. The van der Waals surface area contributed by atoms with Crippen molar-refractivity contribution in [2.75, 3.05) is 27.4 Å². The molecule has 7 heteroatoms. The van der Waals surface area contributed by atoms with Crippen molar-refractivity contribution in [1.29, 1.82) is 0 Å². The molecule has 0 saturated carbocycles. The van der Waals surface area contributed by atoms with Gasteiger partial charge in [-0.3, -0.25) is 9.59 Å². The van der Waals surface area contributed by atoms with E-state index in [1.807, 2.05) is 0 Å². The van der Waals surface area contributed by atoms with Crippen LogP contribution in [0.3, 0.4) is 0 Å². The number of ether oxygens (including phenoxy) is 2. The molecule has 0 bridgehead atoms. The maximum atomic E-state index is 13.0. The summed E-state index contributed by atoms with van der Waals surface area (Å²) < 4.78 is 15.7. The molecular formula is C20H21NO6. The minimum atomic E-state index is -0.763. The van der Waals surface area contributed by atoms with Crippen molar-refractivity contribution >= 4 is 11.7 Å². The molecule has 7 nitrogen and oxygen atoms in total. The van der Waals surface area contributed by atoms with E-state index < -0.39 is 23.5 Å². The average molecular weight is 371 g/mol. The van der Waals surface area contributed by atoms with Gasteiger partial charge in [-0.2, -0.15) is 0 Å². The number of aryl methyl sites for hydroxylation is 1. The summed E-state index contributed by atoms with van der Waals surface area (Å²) in [6.07, 6.45) is 0. The average Bonchev–Trinajstić information content (AvgIpc) is 3.22. The zero-order valence-corrected chi connectivity index (χ0v) is 15.4. The van der Waals surface area contributed by atoms with E-state index in [1.165, 1.54) is 25.2 Å². The van der Waals surface area contributed by atoms with Gasteiger partial charge in [0, 0.05) is 13.7 Å². The van der Waals surface area contributed by atoms with Gasteiger partial charge in [-0.1, -0.05) is 12.1 Å². The van der Waals surface area contributed by atoms with E-state index in [2.05, 4.69) is 0 Å². The summed E-state index contributed by atoms with van der Waals surface area (Å²) in [6, 6.07) is 9.47. The topological polar surface area (TPSA) is 89.2 Å². The Morgan fingerprint density at radius 2 is 2.04 bits per heavy atom. The SMILES string of the molecule is COCCN1C(=O)C(O)=C(C(=O)c2ccc(C)o2)C1c1cccc(OC)c1. The smallest absolute Gasteiger partial charge is 0.290 e. The monoisotopic (exact) mass is 371 g/mol. The fourth-order valence-electron chi connectivity index (χ4n) is 3.15. The van der Waals surface area contributed by atoms with Crippen LogP contribution in [0.2, 0.25) is 0 Å². The molecule has 3 rings (SSSR count). The van der Waals surface area contributed by atoms with Gasteiger partial charge in [-0.25, -0.2) is 0 Å². The summed E-state index contributed by atoms with van der Waals surface area (Å²) >= 11 is 0. The Bertz CT molecular complexity index is 897. The molecule has 142 valence electrons. The number of methoxy groups -OCH3 is 2. The number of carbonyl (C=O) groups excluding carboxylic acids is 2. The number of hydrogen-bond donors (Lipinski definition) is 1. The zero-order chi connectivity index (χ0) is 19.6. The molecule has 1 aromatic heterocycles. The van der Waals surface area contributed by atoms with E-state index in [4.69, 9.17) is 13.9 Å². The standard InChI is InChI=1S/C20H21NO6/c1-12-7-8-15(27-12)18(22)16-17(13-5-4-6-14(11-13)26-3)21(9-10-25-2)20(24)19(16)23/h4-8,11,17,23H,9-10H2,1-3H3. The Morgan fingerprint density at radius 3 is 2.67 bits per heavy atom. The largest absolute Gasteiger partial charge is 0.503 e. The zero-order valence-electron chi connectivity index (χ0n) is 15.4. The second-order valence-corrected chi connectivity index (χ2v) is 6.17. The number of ketones is 1. The molecule has 1 atom stereocenters. The fourth-order valence-corrected chi connectivity index (χ4v) is 3.15. The summed E-state index contributed by atoms with van der Waals surface area (Å²) in [7, 11) is 3.05. The molecule has 27 heavy (non-hydrogen) atoms. The lowest BCUT2D eigenvalue weighted by Crippen LogP contribution is -2.34. The molecular weight excluding hydrogens is 350 g/mol. The molecule has 0 aliphatic carbocycles. The summed E-state index contributed by atoms with van der Waals surface area (Å²) in [5.74, 6) is -0.495. The van der Waals surface area contributed by atoms with E-state index in [1.54, 1.807) is 37.3 Å². The first-order valence-corrected chi connectivity index (χ1v) is 8.46. The quantitative estimate of drug-likeness (QED) is 0.753. The lowest BCUT2D eigenvalue weighted by atomic mass is 9.95. The highest BCUT2D eigenvalue weighted by atomic mass is 16.5. The minimum Gasteiger partial charge on any atom is -0.503 e. The number of hydrogen-bond acceptors (Lipinski definition) is 6. The van der Waals surface area contributed by atoms with Crippen molar-refractivity contribution in [3.63, 3.8) is 0 Å². The lowest BCUT2D eigenvalue weighted by Gasteiger charge is -2.26. The van der Waals surface area contributed by atoms with E-state index >= 15 is 0 Å². The predicted octanol–water partition coefficient (Wildman–Crippen LogP) is 2.82. The molecule has 0 saturated heterocycles. The fraction of sp³-hybridized carbons (Fsp3) is 0.300. The Morgan fingerprint density at radius 1 is 1.26 bits per heavy atom. The third kappa shape index (κ3) is 3.46. The molecule has 1 aliphatic rings. The van der Waals surface area contributed by atoms with Gasteiger partial charge in [-0.15, -0.1) is 0 Å². The van der Waals surface area contributed by atoms with Gasteiger partial charge < -0.3 is 23.9 Å². The van der Waals surface area contributed by atoms with Crippen molar-refractivity contribution in [2.45, 2.75) is 13.0 Å². The number of benzene rings is 1. The van der Waals surface area contributed by atoms with Gasteiger partial charge in [0.25, 0.3) is 5.91 Å². The van der Waals surface area contributed by atoms with Crippen LogP contribution < -0.4 is 4.74 Å². The van der Waals surface area contributed by atoms with Crippen molar-refractivity contribution < 1.29 is 28.6 Å². The van der Waals surface area contributed by atoms with E-state index in [0.717, 1.165) is 0 Å². The Hall–Kier alpha value is -3.06. The number of nitrogens with zero attached hydrogens (tertiary/aromatic N) is 1. The van der Waals surface area contributed by atoms with Crippen LogP contribution in [0.15, 0.2) is 52.1 Å². The number of amides is 1. The normalized spacial score (nSPS) is 16.9. The molecule has 1 unspecified atom stereocenters. The number of Topliss-reactive ketones (excluding diaryl/α,β-unsaturated/α-hetero) is 1. The second-order valence-electron chi connectivity index (χ2n) is 6.17. The van der Waals surface area contributed by atoms with Gasteiger partial charge >= 0.3 is 0 Å². The van der Waals surface area contributed by atoms with Crippen LogP contribution in [0.4, 0.5) is 0 Å². The first kappa shape index (κ1) is 18.7. The van der Waals surface area contributed by atoms with Gasteiger partial charge in [0.05, 0.1) is 25.3 Å². The Balaban J connectivity index is 2.09. The molecule has 0 fully saturated rings. The van der Waals surface area contributed by atoms with E-state index in [0.29, 0.717) is 17.1 Å². The maximum absolute atomic E-state index is 13.0. The molecule has 1 amide bonds. The van der Waals surface area contributed by atoms with E-state index in [9.17, 15) is 14.7 Å². The first-order chi connectivity index (χ1) is 13.0. The van der Waals surface area contributed by atoms with Crippen molar-refractivity contribution in [3.8, 4) is 5.75 Å². The third-order valence-electron chi connectivity index (χ3n) is 4.46. The van der Waals surface area contributed by atoms with Crippen LogP contribution in [-0.4, -0.2) is 49.1 Å². The summed E-state index contributed by atoms with van der Waals surface area (Å²) in [6.45, 7) is 2.20. The van der Waals surface area contributed by atoms with Crippen LogP contribution in [-0.2, 0) is 9.53 Å². The second kappa shape index (κ2) is 7.67. The maximum Gasteiger partial charge on any atom is 0.290 e. The number of furan rings is 1.